The molecule has 1 aliphatic rings. The number of ketones is 1. The van der Waals surface area contributed by atoms with Gasteiger partial charge in [0.05, 0.1) is 6.61 Å². The highest BCUT2D eigenvalue weighted by Gasteiger charge is 2.07. The van der Waals surface area contributed by atoms with Crippen molar-refractivity contribution >= 4 is 12.3 Å². The minimum absolute atomic E-state index is 0.454. The van der Waals surface area contributed by atoms with E-state index < -0.39 is 0 Å². The number of carbonyl (C=O) groups excluding carboxylic acids is 2. The normalized spacial score (nSPS) is 14.7. The third-order valence-corrected chi connectivity index (χ3v) is 1.85. The fourth-order valence-electron chi connectivity index (χ4n) is 1.05. The van der Waals surface area contributed by atoms with Crippen LogP contribution in [-0.2, 0) is 14.3 Å². The maximum Gasteiger partial charge on any atom is 0.293 e. The van der Waals surface area contributed by atoms with Crippen molar-refractivity contribution in [1.29, 1.82) is 0 Å². The quantitative estimate of drug-likeness (QED) is 0.498. The van der Waals surface area contributed by atoms with Gasteiger partial charge in [-0.25, -0.2) is 0 Å². The first-order valence-corrected chi connectivity index (χ1v) is 4.88. The van der Waals surface area contributed by atoms with Gasteiger partial charge < -0.3 is 4.74 Å². The maximum absolute atomic E-state index is 10.2. The van der Waals surface area contributed by atoms with Gasteiger partial charge in [-0.05, 0) is 19.3 Å². The molecule has 1 fully saturated rings. The van der Waals surface area contributed by atoms with Crippen LogP contribution in [0.1, 0.15) is 45.4 Å². The molecule has 13 heavy (non-hydrogen) atoms. The van der Waals surface area contributed by atoms with Crippen LogP contribution < -0.4 is 0 Å². The van der Waals surface area contributed by atoms with E-state index in [0.29, 0.717) is 18.9 Å². The summed E-state index contributed by atoms with van der Waals surface area (Å²) in [6.07, 6.45) is 6.02. The van der Waals surface area contributed by atoms with Crippen LogP contribution in [-0.4, -0.2) is 18.9 Å². The molecule has 1 saturated carbocycles. The van der Waals surface area contributed by atoms with Crippen molar-refractivity contribution in [2.45, 2.75) is 45.4 Å². The van der Waals surface area contributed by atoms with Gasteiger partial charge in [0.2, 0.25) is 0 Å². The summed E-state index contributed by atoms with van der Waals surface area (Å²) in [5.41, 5.74) is 0. The first-order valence-electron chi connectivity index (χ1n) is 4.88. The summed E-state index contributed by atoms with van der Waals surface area (Å²) >= 11 is 0. The molecule has 0 aromatic carbocycles. The Labute approximate surface area is 79.5 Å². The molecule has 0 radical (unpaired) electrons. The number of hydrogen-bond acceptors (Lipinski definition) is 3. The molecule has 0 atom stereocenters. The van der Waals surface area contributed by atoms with Crippen molar-refractivity contribution in [2.75, 3.05) is 6.61 Å². The van der Waals surface area contributed by atoms with Gasteiger partial charge in [-0.15, -0.1) is 0 Å². The van der Waals surface area contributed by atoms with Crippen LogP contribution in [0, 0.1) is 0 Å². The Morgan fingerprint density at radius 3 is 2.31 bits per heavy atom. The van der Waals surface area contributed by atoms with Gasteiger partial charge in [0, 0.05) is 12.8 Å². The summed E-state index contributed by atoms with van der Waals surface area (Å²) < 4.78 is 4.39. The highest BCUT2D eigenvalue weighted by atomic mass is 16.5. The molecular formula is C10H18O3. The Bertz CT molecular complexity index is 135. The number of unbranched alkanes of at least 4 members (excludes halogenated alkanes) is 1. The van der Waals surface area contributed by atoms with Crippen LogP contribution in [0.25, 0.3) is 0 Å². The molecule has 0 aliphatic heterocycles. The fraction of sp³-hybridized carbons (Fsp3) is 0.800. The lowest BCUT2D eigenvalue weighted by Gasteiger charge is -1.90. The second-order valence-corrected chi connectivity index (χ2v) is 3.07. The van der Waals surface area contributed by atoms with Gasteiger partial charge in [0.1, 0.15) is 5.78 Å². The Kier molecular flexibility index (Phi) is 8.62. The number of ether oxygens (including phenoxy) is 1. The lowest BCUT2D eigenvalue weighted by Crippen LogP contribution is -1.88. The zero-order valence-electron chi connectivity index (χ0n) is 8.25. The molecule has 0 spiro atoms. The topological polar surface area (TPSA) is 43.4 Å². The van der Waals surface area contributed by atoms with E-state index >= 15 is 0 Å². The second-order valence-electron chi connectivity index (χ2n) is 3.07. The smallest absolute Gasteiger partial charge is 0.293 e. The minimum Gasteiger partial charge on any atom is -0.468 e. The van der Waals surface area contributed by atoms with Crippen LogP contribution in [0.15, 0.2) is 0 Å². The molecule has 0 amide bonds. The zero-order chi connectivity index (χ0) is 9.94. The Balaban J connectivity index is 0.000000223. The second kappa shape index (κ2) is 9.23. The molecule has 0 saturated heterocycles. The monoisotopic (exact) mass is 186 g/mol. The van der Waals surface area contributed by atoms with Crippen molar-refractivity contribution < 1.29 is 14.3 Å². The summed E-state index contributed by atoms with van der Waals surface area (Å²) in [6.45, 7) is 3.10. The van der Waals surface area contributed by atoms with E-state index in [0.717, 1.165) is 38.5 Å². The van der Waals surface area contributed by atoms with E-state index in [1.165, 1.54) is 0 Å². The Hall–Kier alpha value is -0.860. The molecule has 0 bridgehead atoms. The van der Waals surface area contributed by atoms with Crippen LogP contribution in [0.3, 0.4) is 0 Å². The minimum atomic E-state index is 0.454. The molecule has 0 aromatic heterocycles. The average Bonchev–Trinajstić information content (AvgIpc) is 2.58. The number of carbonyl (C=O) groups is 2. The molecule has 1 aliphatic carbocycles. The summed E-state index contributed by atoms with van der Waals surface area (Å²) in [4.78, 5) is 19.7. The molecule has 0 unspecified atom stereocenters. The van der Waals surface area contributed by atoms with Gasteiger partial charge in [-0.1, -0.05) is 13.3 Å². The van der Waals surface area contributed by atoms with Crippen LogP contribution >= 0.6 is 0 Å². The molecule has 3 heteroatoms. The number of rotatable bonds is 4. The highest BCUT2D eigenvalue weighted by Crippen LogP contribution is 2.11. The molecule has 3 nitrogen and oxygen atoms in total. The van der Waals surface area contributed by atoms with Crippen LogP contribution in [0.4, 0.5) is 0 Å². The molecule has 1 rings (SSSR count). The van der Waals surface area contributed by atoms with E-state index in [2.05, 4.69) is 4.74 Å². The summed E-state index contributed by atoms with van der Waals surface area (Å²) in [7, 11) is 0. The third-order valence-electron chi connectivity index (χ3n) is 1.85. The SMILES string of the molecule is CCCCOC=O.O=C1CCCC1. The van der Waals surface area contributed by atoms with Crippen molar-refractivity contribution in [3.8, 4) is 0 Å². The van der Waals surface area contributed by atoms with Gasteiger partial charge in [0.15, 0.2) is 0 Å². The lowest BCUT2D eigenvalue weighted by atomic mass is 10.4. The molecule has 0 heterocycles. The van der Waals surface area contributed by atoms with Crippen molar-refractivity contribution in [2.24, 2.45) is 0 Å². The standard InChI is InChI=1S/C5H10O2.C5H8O/c1-2-3-4-7-5-6;6-5-3-1-2-4-5/h5H,2-4H2,1H3;1-4H2. The van der Waals surface area contributed by atoms with E-state index in [1.807, 2.05) is 6.92 Å². The largest absolute Gasteiger partial charge is 0.468 e. The summed E-state index contributed by atoms with van der Waals surface area (Å²) in [5, 5.41) is 0. The molecule has 76 valence electrons. The van der Waals surface area contributed by atoms with Gasteiger partial charge >= 0.3 is 0 Å². The fourth-order valence-corrected chi connectivity index (χ4v) is 1.05. The molecule has 0 aromatic rings. The van der Waals surface area contributed by atoms with Gasteiger partial charge in [0.25, 0.3) is 6.47 Å². The molecule has 0 N–H and O–H groups in total. The van der Waals surface area contributed by atoms with Crippen LogP contribution in [0.5, 0.6) is 0 Å². The van der Waals surface area contributed by atoms with Crippen molar-refractivity contribution in [1.82, 2.24) is 0 Å². The highest BCUT2D eigenvalue weighted by molar-refractivity contribution is 5.79. The van der Waals surface area contributed by atoms with Gasteiger partial charge in [-0.2, -0.15) is 0 Å². The van der Waals surface area contributed by atoms with E-state index in [-0.39, 0.29) is 0 Å². The average molecular weight is 186 g/mol. The summed E-state index contributed by atoms with van der Waals surface area (Å²) in [5.74, 6) is 0.454. The van der Waals surface area contributed by atoms with Crippen molar-refractivity contribution in [3.05, 3.63) is 0 Å². The third kappa shape index (κ3) is 9.05. The Morgan fingerprint density at radius 2 is 2.00 bits per heavy atom. The maximum atomic E-state index is 10.2. The lowest BCUT2D eigenvalue weighted by molar-refractivity contribution is -0.128. The predicted molar refractivity (Wildman–Crippen MR) is 50.4 cm³/mol. The Morgan fingerprint density at radius 1 is 1.38 bits per heavy atom. The number of Topliss-reactive ketones (excluding diaryl/α,β-unsaturated/α-hetero) is 1. The first kappa shape index (κ1) is 12.1. The number of hydrogen-bond donors (Lipinski definition) is 0. The van der Waals surface area contributed by atoms with E-state index in [9.17, 15) is 9.59 Å². The molecular weight excluding hydrogens is 168 g/mol. The van der Waals surface area contributed by atoms with Crippen molar-refractivity contribution in [3.63, 3.8) is 0 Å². The van der Waals surface area contributed by atoms with Crippen LogP contribution in [0.2, 0.25) is 0 Å². The predicted octanol–water partition coefficient (Wildman–Crippen LogP) is 2.09. The van der Waals surface area contributed by atoms with E-state index in [4.69, 9.17) is 0 Å². The summed E-state index contributed by atoms with van der Waals surface area (Å²) in [6, 6.07) is 0. The van der Waals surface area contributed by atoms with Gasteiger partial charge in [-0.3, -0.25) is 9.59 Å². The van der Waals surface area contributed by atoms with E-state index in [1.54, 1.807) is 0 Å². The zero-order valence-corrected chi connectivity index (χ0v) is 8.25. The first-order chi connectivity index (χ1) is 6.31.